The molecule has 0 aliphatic carbocycles. The number of para-hydroxylation sites is 1. The van der Waals surface area contributed by atoms with E-state index in [4.69, 9.17) is 9.47 Å². The smallest absolute Gasteiger partial charge is 0.311 e. The minimum atomic E-state index is -0.300. The summed E-state index contributed by atoms with van der Waals surface area (Å²) < 4.78 is 10.8. The predicted octanol–water partition coefficient (Wildman–Crippen LogP) is 7.74. The second-order valence-corrected chi connectivity index (χ2v) is 8.78. The maximum atomic E-state index is 12.1. The average molecular weight is 433 g/mol. The summed E-state index contributed by atoms with van der Waals surface area (Å²) in [6.07, 6.45) is 15.0. The van der Waals surface area contributed by atoms with Crippen molar-refractivity contribution in [3.8, 4) is 5.75 Å². The Bertz CT molecular complexity index is 609. The normalized spacial score (nSPS) is 11.0. The number of hydrogen-bond donors (Lipinski definition) is 0. The fraction of sp³-hybridized carbons (Fsp3) is 0.704. The monoisotopic (exact) mass is 432 g/mol. The summed E-state index contributed by atoms with van der Waals surface area (Å²) in [7, 11) is 0. The molecule has 0 radical (unpaired) electrons. The van der Waals surface area contributed by atoms with Gasteiger partial charge in [0.2, 0.25) is 0 Å². The Morgan fingerprint density at radius 2 is 1.29 bits per heavy atom. The van der Waals surface area contributed by atoms with Crippen molar-refractivity contribution in [3.05, 3.63) is 29.8 Å². The Morgan fingerprint density at radius 1 is 0.742 bits per heavy atom. The largest absolute Gasteiger partial charge is 0.466 e. The molecule has 0 unspecified atom stereocenters. The predicted molar refractivity (Wildman–Crippen MR) is 127 cm³/mol. The lowest BCUT2D eigenvalue weighted by Crippen LogP contribution is -2.11. The van der Waals surface area contributed by atoms with Gasteiger partial charge < -0.3 is 9.47 Å². The van der Waals surface area contributed by atoms with Crippen LogP contribution in [0.25, 0.3) is 0 Å². The highest BCUT2D eigenvalue weighted by Gasteiger charge is 2.12. The van der Waals surface area contributed by atoms with Gasteiger partial charge in [-0.05, 0) is 30.4 Å². The van der Waals surface area contributed by atoms with Gasteiger partial charge in [0.15, 0.2) is 0 Å². The van der Waals surface area contributed by atoms with Crippen molar-refractivity contribution in [2.75, 3.05) is 6.61 Å². The maximum absolute atomic E-state index is 12.1. The van der Waals surface area contributed by atoms with Crippen molar-refractivity contribution >= 4 is 11.9 Å². The molecule has 0 atom stereocenters. The van der Waals surface area contributed by atoms with Gasteiger partial charge in [-0.1, -0.05) is 103 Å². The molecule has 0 spiro atoms. The fourth-order valence-electron chi connectivity index (χ4n) is 3.63. The number of unbranched alkanes of at least 4 members (excludes halogenated alkanes) is 10. The van der Waals surface area contributed by atoms with Gasteiger partial charge >= 0.3 is 11.9 Å². The molecule has 0 aromatic heterocycles. The first-order valence-electron chi connectivity index (χ1n) is 12.5. The van der Waals surface area contributed by atoms with Crippen LogP contribution >= 0.6 is 0 Å². The zero-order valence-electron chi connectivity index (χ0n) is 20.1. The van der Waals surface area contributed by atoms with Crippen LogP contribution in [-0.4, -0.2) is 18.5 Å². The lowest BCUT2D eigenvalue weighted by molar-refractivity contribution is -0.144. The number of rotatable bonds is 18. The van der Waals surface area contributed by atoms with E-state index in [1.54, 1.807) is 0 Å². The van der Waals surface area contributed by atoms with E-state index in [0.29, 0.717) is 18.8 Å². The van der Waals surface area contributed by atoms with Gasteiger partial charge in [0.25, 0.3) is 0 Å². The lowest BCUT2D eigenvalue weighted by atomic mass is 10.0. The van der Waals surface area contributed by atoms with Crippen LogP contribution in [0.5, 0.6) is 5.75 Å². The van der Waals surface area contributed by atoms with E-state index in [1.165, 1.54) is 57.8 Å². The number of esters is 2. The topological polar surface area (TPSA) is 52.6 Å². The highest BCUT2D eigenvalue weighted by atomic mass is 16.5. The summed E-state index contributed by atoms with van der Waals surface area (Å²) in [5.74, 6) is 0.379. The molecule has 0 saturated heterocycles. The quantitative estimate of drug-likeness (QED) is 0.135. The van der Waals surface area contributed by atoms with Crippen molar-refractivity contribution in [3.63, 3.8) is 0 Å². The molecule has 0 amide bonds. The van der Waals surface area contributed by atoms with Crippen LogP contribution in [0.15, 0.2) is 24.3 Å². The van der Waals surface area contributed by atoms with E-state index in [2.05, 4.69) is 20.8 Å². The molecule has 176 valence electrons. The molecule has 0 bridgehead atoms. The van der Waals surface area contributed by atoms with E-state index >= 15 is 0 Å². The molecule has 4 heteroatoms. The van der Waals surface area contributed by atoms with Crippen LogP contribution in [0.3, 0.4) is 0 Å². The maximum Gasteiger partial charge on any atom is 0.311 e. The van der Waals surface area contributed by atoms with Gasteiger partial charge in [0, 0.05) is 12.8 Å². The molecule has 31 heavy (non-hydrogen) atoms. The van der Waals surface area contributed by atoms with Crippen molar-refractivity contribution in [1.29, 1.82) is 0 Å². The van der Waals surface area contributed by atoms with Crippen LogP contribution in [0, 0.1) is 0 Å². The summed E-state index contributed by atoms with van der Waals surface area (Å²) >= 11 is 0. The first-order chi connectivity index (χ1) is 15.0. The first kappa shape index (κ1) is 27.2. The van der Waals surface area contributed by atoms with Crippen molar-refractivity contribution in [1.82, 2.24) is 0 Å². The second kappa shape index (κ2) is 17.8. The summed E-state index contributed by atoms with van der Waals surface area (Å²) in [5, 5.41) is 0. The number of carbonyl (C=O) groups excluding carboxylic acids is 2. The average Bonchev–Trinajstić information content (AvgIpc) is 2.74. The Balaban J connectivity index is 1.99. The van der Waals surface area contributed by atoms with E-state index in [-0.39, 0.29) is 30.7 Å². The Hall–Kier alpha value is -1.84. The minimum absolute atomic E-state index is 0.220. The van der Waals surface area contributed by atoms with E-state index in [1.807, 2.05) is 24.3 Å². The van der Waals surface area contributed by atoms with Crippen LogP contribution in [0.4, 0.5) is 0 Å². The van der Waals surface area contributed by atoms with Crippen molar-refractivity contribution in [2.45, 2.75) is 117 Å². The van der Waals surface area contributed by atoms with Gasteiger partial charge in [-0.2, -0.15) is 0 Å². The number of benzene rings is 1. The van der Waals surface area contributed by atoms with E-state index in [0.717, 1.165) is 18.4 Å². The zero-order chi connectivity index (χ0) is 22.7. The van der Waals surface area contributed by atoms with Gasteiger partial charge in [-0.25, -0.2) is 0 Å². The Kier molecular flexibility index (Phi) is 15.6. The number of ether oxygens (including phenoxy) is 2. The molecular weight excluding hydrogens is 388 g/mol. The fourth-order valence-corrected chi connectivity index (χ4v) is 3.63. The Labute approximate surface area is 190 Å². The van der Waals surface area contributed by atoms with Crippen molar-refractivity contribution in [2.24, 2.45) is 0 Å². The second-order valence-electron chi connectivity index (χ2n) is 8.78. The molecule has 0 fully saturated rings. The third kappa shape index (κ3) is 14.0. The number of carbonyl (C=O) groups is 2. The molecule has 0 aliphatic rings. The zero-order valence-corrected chi connectivity index (χ0v) is 20.1. The van der Waals surface area contributed by atoms with Gasteiger partial charge in [0.1, 0.15) is 5.75 Å². The summed E-state index contributed by atoms with van der Waals surface area (Å²) in [5.41, 5.74) is 1.02. The van der Waals surface area contributed by atoms with Crippen LogP contribution in [0.1, 0.15) is 122 Å². The SMILES string of the molecule is CCCCCCCCCCCCCOC(=O)CCCC(=O)Oc1ccccc1C(C)C. The molecule has 0 N–H and O–H groups in total. The highest BCUT2D eigenvalue weighted by Crippen LogP contribution is 2.26. The molecule has 4 nitrogen and oxygen atoms in total. The molecule has 0 saturated carbocycles. The highest BCUT2D eigenvalue weighted by molar-refractivity contribution is 5.74. The summed E-state index contributed by atoms with van der Waals surface area (Å²) in [4.78, 5) is 23.9. The Morgan fingerprint density at radius 3 is 1.90 bits per heavy atom. The molecule has 1 rings (SSSR count). The van der Waals surface area contributed by atoms with Crippen LogP contribution in [-0.2, 0) is 14.3 Å². The summed E-state index contributed by atoms with van der Waals surface area (Å²) in [6.45, 7) is 6.88. The standard InChI is InChI=1S/C27H44O4/c1-4-5-6-7-8-9-10-11-12-13-16-22-30-26(28)20-17-21-27(29)31-25-19-15-14-18-24(25)23(2)3/h14-15,18-19,23H,4-13,16-17,20-22H2,1-3H3. The number of hydrogen-bond acceptors (Lipinski definition) is 4. The first-order valence-corrected chi connectivity index (χ1v) is 12.5. The lowest BCUT2D eigenvalue weighted by Gasteiger charge is -2.12. The molecule has 1 aromatic rings. The van der Waals surface area contributed by atoms with Crippen LogP contribution in [0.2, 0.25) is 0 Å². The third-order valence-electron chi connectivity index (χ3n) is 5.54. The van der Waals surface area contributed by atoms with Crippen molar-refractivity contribution < 1.29 is 19.1 Å². The molecule has 1 aromatic carbocycles. The minimum Gasteiger partial charge on any atom is -0.466 e. The third-order valence-corrected chi connectivity index (χ3v) is 5.54. The molecule has 0 aliphatic heterocycles. The van der Waals surface area contributed by atoms with Gasteiger partial charge in [-0.3, -0.25) is 9.59 Å². The van der Waals surface area contributed by atoms with Crippen LogP contribution < -0.4 is 4.74 Å². The van der Waals surface area contributed by atoms with Gasteiger partial charge in [-0.15, -0.1) is 0 Å². The van der Waals surface area contributed by atoms with E-state index in [9.17, 15) is 9.59 Å². The van der Waals surface area contributed by atoms with E-state index < -0.39 is 0 Å². The molecule has 0 heterocycles. The summed E-state index contributed by atoms with van der Waals surface area (Å²) in [6, 6.07) is 7.59. The van der Waals surface area contributed by atoms with Gasteiger partial charge in [0.05, 0.1) is 6.61 Å². The molecular formula is C27H44O4.